The molecule has 0 radical (unpaired) electrons. The Balaban J connectivity index is 1.69. The van der Waals surface area contributed by atoms with Crippen LogP contribution in [0.15, 0.2) is 24.3 Å². The summed E-state index contributed by atoms with van der Waals surface area (Å²) in [4.78, 5) is 38.4. The van der Waals surface area contributed by atoms with Gasteiger partial charge in [0.15, 0.2) is 5.60 Å². The van der Waals surface area contributed by atoms with Crippen LogP contribution < -0.4 is 10.1 Å². The zero-order chi connectivity index (χ0) is 19.6. The summed E-state index contributed by atoms with van der Waals surface area (Å²) in [5.41, 5.74) is -1.11. The minimum absolute atomic E-state index is 0.173. The van der Waals surface area contributed by atoms with Crippen LogP contribution in [0.3, 0.4) is 0 Å². The van der Waals surface area contributed by atoms with Crippen molar-refractivity contribution in [3.8, 4) is 5.75 Å². The largest absolute Gasteiger partial charge is 0.478 e. The van der Waals surface area contributed by atoms with Crippen LogP contribution in [-0.4, -0.2) is 45.4 Å². The number of hydrogen-bond donors (Lipinski definition) is 1. The van der Waals surface area contributed by atoms with Crippen molar-refractivity contribution in [3.05, 3.63) is 29.3 Å². The number of benzene rings is 1. The van der Waals surface area contributed by atoms with Gasteiger partial charge in [0, 0.05) is 11.1 Å². The molecule has 2 fully saturated rings. The van der Waals surface area contributed by atoms with E-state index in [1.165, 1.54) is 4.90 Å². The zero-order valence-corrected chi connectivity index (χ0v) is 16.9. The molecule has 2 aliphatic rings. The van der Waals surface area contributed by atoms with Gasteiger partial charge in [-0.25, -0.2) is 0 Å². The van der Waals surface area contributed by atoms with E-state index in [4.69, 9.17) is 16.3 Å². The fourth-order valence-electron chi connectivity index (χ4n) is 3.46. The Hall–Kier alpha value is -1.73. The summed E-state index contributed by atoms with van der Waals surface area (Å²) in [6, 6.07) is 6.27. The summed E-state index contributed by atoms with van der Waals surface area (Å²) in [6.45, 7) is 3.38. The third-order valence-electron chi connectivity index (χ3n) is 4.90. The molecule has 1 aliphatic carbocycles. The number of imide groups is 1. The highest BCUT2D eigenvalue weighted by Gasteiger charge is 2.42. The summed E-state index contributed by atoms with van der Waals surface area (Å²) in [5.74, 6) is 0.274. The smallest absolute Gasteiger partial charge is 0.289 e. The van der Waals surface area contributed by atoms with Crippen LogP contribution in [0.2, 0.25) is 5.02 Å². The van der Waals surface area contributed by atoms with Crippen molar-refractivity contribution >= 4 is 40.4 Å². The van der Waals surface area contributed by atoms with Gasteiger partial charge < -0.3 is 10.1 Å². The van der Waals surface area contributed by atoms with Crippen molar-refractivity contribution < 1.29 is 19.1 Å². The normalized spacial score (nSPS) is 23.4. The minimum Gasteiger partial charge on any atom is -0.478 e. The van der Waals surface area contributed by atoms with Crippen LogP contribution in [0.1, 0.15) is 39.5 Å². The maximum Gasteiger partial charge on any atom is 0.289 e. The molecule has 0 unspecified atom stereocenters. The molecule has 27 heavy (non-hydrogen) atoms. The molecular weight excluding hydrogens is 388 g/mol. The van der Waals surface area contributed by atoms with Gasteiger partial charge in [0.2, 0.25) is 5.91 Å². The highest BCUT2D eigenvalue weighted by molar-refractivity contribution is 8.14. The van der Waals surface area contributed by atoms with E-state index < -0.39 is 5.60 Å². The van der Waals surface area contributed by atoms with Crippen molar-refractivity contribution in [1.82, 2.24) is 10.2 Å². The molecule has 1 saturated carbocycles. The molecule has 0 bridgehead atoms. The molecule has 3 rings (SSSR count). The summed E-state index contributed by atoms with van der Waals surface area (Å²) >= 11 is 6.91. The molecule has 1 saturated heterocycles. The van der Waals surface area contributed by atoms with E-state index in [1.807, 2.05) is 0 Å². The van der Waals surface area contributed by atoms with Gasteiger partial charge in [-0.1, -0.05) is 36.2 Å². The van der Waals surface area contributed by atoms with Gasteiger partial charge in [-0.15, -0.1) is 0 Å². The van der Waals surface area contributed by atoms with Crippen LogP contribution in [0.5, 0.6) is 5.75 Å². The average Bonchev–Trinajstić information content (AvgIpc) is 2.96. The molecule has 1 N–H and O–H groups in total. The average molecular weight is 411 g/mol. The number of nitrogens with zero attached hydrogens (tertiary/aromatic N) is 1. The lowest BCUT2D eigenvalue weighted by Crippen LogP contribution is -2.58. The molecule has 146 valence electrons. The van der Waals surface area contributed by atoms with Gasteiger partial charge in [0.25, 0.3) is 11.1 Å². The van der Waals surface area contributed by atoms with Gasteiger partial charge in [-0.2, -0.15) is 0 Å². The number of hydrogen-bond acceptors (Lipinski definition) is 5. The van der Waals surface area contributed by atoms with E-state index in [9.17, 15) is 14.4 Å². The fraction of sp³-hybridized carbons (Fsp3) is 0.526. The van der Waals surface area contributed by atoms with E-state index in [-0.39, 0.29) is 34.9 Å². The molecule has 3 amide bonds. The molecule has 8 heteroatoms. The quantitative estimate of drug-likeness (QED) is 0.802. The van der Waals surface area contributed by atoms with E-state index >= 15 is 0 Å². The molecule has 1 aliphatic heterocycles. The number of carbonyl (C=O) groups excluding carboxylic acids is 3. The number of carbonyl (C=O) groups is 3. The van der Waals surface area contributed by atoms with Gasteiger partial charge in [0.1, 0.15) is 5.75 Å². The third-order valence-corrected chi connectivity index (χ3v) is 5.98. The highest BCUT2D eigenvalue weighted by Crippen LogP contribution is 2.30. The predicted molar refractivity (Wildman–Crippen MR) is 105 cm³/mol. The topological polar surface area (TPSA) is 75.7 Å². The molecule has 1 heterocycles. The molecule has 1 aromatic rings. The van der Waals surface area contributed by atoms with Crippen molar-refractivity contribution in [3.63, 3.8) is 0 Å². The van der Waals surface area contributed by atoms with Gasteiger partial charge >= 0.3 is 0 Å². The lowest BCUT2D eigenvalue weighted by molar-refractivity contribution is -0.137. The second kappa shape index (κ2) is 8.10. The van der Waals surface area contributed by atoms with Crippen molar-refractivity contribution in [2.75, 3.05) is 5.75 Å². The number of rotatable bonds is 5. The second-order valence-electron chi connectivity index (χ2n) is 7.32. The molecule has 0 spiro atoms. The van der Waals surface area contributed by atoms with Crippen molar-refractivity contribution in [1.29, 1.82) is 0 Å². The van der Waals surface area contributed by atoms with E-state index in [1.54, 1.807) is 38.1 Å². The lowest BCUT2D eigenvalue weighted by Gasteiger charge is -2.38. The summed E-state index contributed by atoms with van der Waals surface area (Å²) < 4.78 is 5.84. The maximum atomic E-state index is 12.9. The number of halogens is 1. The Morgan fingerprint density at radius 1 is 1.22 bits per heavy atom. The first kappa shape index (κ1) is 20.0. The summed E-state index contributed by atoms with van der Waals surface area (Å²) in [6.07, 6.45) is 3.32. The van der Waals surface area contributed by atoms with Crippen LogP contribution in [0, 0.1) is 0 Å². The number of nitrogens with one attached hydrogen (secondary N) is 1. The first-order valence-corrected chi connectivity index (χ1v) is 10.4. The van der Waals surface area contributed by atoms with Crippen LogP contribution in [0.4, 0.5) is 4.79 Å². The zero-order valence-electron chi connectivity index (χ0n) is 15.4. The summed E-state index contributed by atoms with van der Waals surface area (Å²) in [5, 5.41) is 3.38. The lowest BCUT2D eigenvalue weighted by atomic mass is 9.88. The Labute approximate surface area is 167 Å². The van der Waals surface area contributed by atoms with Gasteiger partial charge in [-0.3, -0.25) is 19.3 Å². The Morgan fingerprint density at radius 3 is 2.52 bits per heavy atom. The fourth-order valence-corrected chi connectivity index (χ4v) is 4.35. The Kier molecular flexibility index (Phi) is 6.01. The van der Waals surface area contributed by atoms with E-state index in [0.717, 1.165) is 31.0 Å². The highest BCUT2D eigenvalue weighted by atomic mass is 35.5. The molecule has 2 atom stereocenters. The van der Waals surface area contributed by atoms with E-state index in [2.05, 4.69) is 5.32 Å². The Morgan fingerprint density at radius 2 is 1.89 bits per heavy atom. The van der Waals surface area contributed by atoms with Crippen LogP contribution in [-0.2, 0) is 9.59 Å². The van der Waals surface area contributed by atoms with Gasteiger partial charge in [-0.05, 0) is 51.0 Å². The molecular formula is C19H23ClN2O4S. The van der Waals surface area contributed by atoms with E-state index in [0.29, 0.717) is 17.2 Å². The Bertz CT molecular complexity index is 722. The first-order chi connectivity index (χ1) is 12.8. The minimum atomic E-state index is -1.11. The maximum absolute atomic E-state index is 12.9. The van der Waals surface area contributed by atoms with Gasteiger partial charge in [0.05, 0.1) is 11.8 Å². The van der Waals surface area contributed by atoms with Crippen molar-refractivity contribution in [2.24, 2.45) is 0 Å². The molecule has 6 nitrogen and oxygen atoms in total. The van der Waals surface area contributed by atoms with Crippen LogP contribution >= 0.6 is 23.4 Å². The number of amides is 3. The predicted octanol–water partition coefficient (Wildman–Crippen LogP) is 3.62. The SMILES string of the molecule is CC(C)(Oc1ccc(Cl)cc1)C(=O)N[C@H]1CCCC[C@H]1N1C(=O)CSC1=O. The first-order valence-electron chi connectivity index (χ1n) is 9.02. The van der Waals surface area contributed by atoms with Crippen LogP contribution in [0.25, 0.3) is 0 Å². The standard InChI is InChI=1S/C19H23ClN2O4S/c1-19(2,26-13-9-7-12(20)8-10-13)17(24)21-14-5-3-4-6-15(14)22-16(23)11-27-18(22)25/h7-10,14-15H,3-6,11H2,1-2H3,(H,21,24)/t14-,15+/m0/s1. The van der Waals surface area contributed by atoms with Crippen molar-refractivity contribution in [2.45, 2.75) is 57.2 Å². The molecule has 0 aromatic heterocycles. The monoisotopic (exact) mass is 410 g/mol. The number of ether oxygens (including phenoxy) is 1. The third kappa shape index (κ3) is 4.58. The summed E-state index contributed by atoms with van der Waals surface area (Å²) in [7, 11) is 0. The number of thioether (sulfide) groups is 1. The second-order valence-corrected chi connectivity index (χ2v) is 8.68. The molecule has 1 aromatic carbocycles.